The third kappa shape index (κ3) is 16.7. The number of hydrogen-bond donors (Lipinski definition) is 2. The number of nitrogens with zero attached hydrogens (tertiary/aromatic N) is 3. The first-order valence-corrected chi connectivity index (χ1v) is 20.9. The van der Waals surface area contributed by atoms with Gasteiger partial charge in [-0.3, -0.25) is 14.4 Å². The number of carbonyl (C=O) groups is 5. The van der Waals surface area contributed by atoms with Gasteiger partial charge in [0.05, 0.1) is 42.4 Å². The van der Waals surface area contributed by atoms with Crippen LogP contribution in [-0.2, 0) is 28.6 Å². The maximum Gasteiger partial charge on any atom is 0.376 e. The Kier molecular flexibility index (Phi) is 24.0. The number of carbonyl (C=O) groups excluding carboxylic acids is 5. The van der Waals surface area contributed by atoms with Crippen LogP contribution in [0, 0.1) is 6.92 Å². The van der Waals surface area contributed by atoms with E-state index in [1.165, 1.54) is 18.3 Å². The van der Waals surface area contributed by atoms with E-state index in [4.69, 9.17) is 26.5 Å². The van der Waals surface area contributed by atoms with E-state index in [1.807, 2.05) is 38.1 Å². The molecule has 4 rings (SSSR count). The lowest BCUT2D eigenvalue weighted by Gasteiger charge is -2.21. The number of alkyl halides is 1. The third-order valence-corrected chi connectivity index (χ3v) is 9.42. The van der Waals surface area contributed by atoms with Gasteiger partial charge < -0.3 is 39.3 Å². The van der Waals surface area contributed by atoms with Crippen molar-refractivity contribution in [2.24, 2.45) is 5.73 Å². The molecule has 1 unspecified atom stereocenters. The van der Waals surface area contributed by atoms with Crippen LogP contribution in [0.3, 0.4) is 0 Å². The van der Waals surface area contributed by atoms with Crippen LogP contribution in [0.5, 0.6) is 5.75 Å². The van der Waals surface area contributed by atoms with Gasteiger partial charge in [0, 0.05) is 59.9 Å². The monoisotopic (exact) mass is 890 g/mol. The predicted octanol–water partition coefficient (Wildman–Crippen LogP) is 7.27. The number of aromatic nitrogens is 1. The van der Waals surface area contributed by atoms with E-state index in [0.29, 0.717) is 39.5 Å². The molecule has 0 saturated heterocycles. The molecule has 60 heavy (non-hydrogen) atoms. The summed E-state index contributed by atoms with van der Waals surface area (Å²) < 4.78 is 19.5. The number of aromatic hydroxyl groups is 1. The van der Waals surface area contributed by atoms with Gasteiger partial charge in [0.1, 0.15) is 21.7 Å². The van der Waals surface area contributed by atoms with Gasteiger partial charge in [-0.05, 0) is 92.6 Å². The Balaban J connectivity index is 0.000000456. The Morgan fingerprint density at radius 2 is 1.45 bits per heavy atom. The second-order valence-corrected chi connectivity index (χ2v) is 14.6. The number of halogens is 1. The number of Topliss-reactive ketones (excluding diaryl/α,β-unsaturated/α-hetero) is 1. The van der Waals surface area contributed by atoms with Gasteiger partial charge in [0.25, 0.3) is 5.78 Å². The van der Waals surface area contributed by atoms with Crippen LogP contribution in [0.25, 0.3) is 21.5 Å². The van der Waals surface area contributed by atoms with Crippen LogP contribution < -0.4 is 21.2 Å². The van der Waals surface area contributed by atoms with Crippen LogP contribution in [0.15, 0.2) is 51.7 Å². The first kappa shape index (κ1) is 52.6. The van der Waals surface area contributed by atoms with Crippen molar-refractivity contribution in [3.05, 3.63) is 69.0 Å². The zero-order chi connectivity index (χ0) is 45.5. The van der Waals surface area contributed by atoms with Gasteiger partial charge in [-0.25, -0.2) is 19.4 Å². The van der Waals surface area contributed by atoms with Gasteiger partial charge in [-0.15, -0.1) is 22.9 Å². The van der Waals surface area contributed by atoms with Crippen molar-refractivity contribution in [1.82, 2.24) is 4.98 Å². The lowest BCUT2D eigenvalue weighted by molar-refractivity contribution is -0.153. The Bertz CT molecular complexity index is 2110. The van der Waals surface area contributed by atoms with Crippen molar-refractivity contribution >= 4 is 92.5 Å². The number of thiocarbonyl (C=S) groups is 1. The molecule has 2 heterocycles. The number of aldehydes is 1. The number of phenolic OH excluding ortho intramolecular Hbond substituents is 1. The van der Waals surface area contributed by atoms with Gasteiger partial charge in [0.2, 0.25) is 0 Å². The summed E-state index contributed by atoms with van der Waals surface area (Å²) in [5.41, 5.74) is 8.00. The highest BCUT2D eigenvalue weighted by Crippen LogP contribution is 2.29. The van der Waals surface area contributed by atoms with Crippen molar-refractivity contribution in [3.8, 4) is 16.3 Å². The standard InChI is InChI=1S/C20H22N2O4S.C11H15NO2.C6H9ClO3.C5H9NO2S/c1-5-22(6-2)14-9-8-13-10-15(19(23)26-16(13)11-14)18-21-17(12(4)27-18)20(24)25-7-3;1-3-12(4-2)10-6-5-9(8-13)11(14)7-10;1-3-10-6(9)5(8)4(2)7;1-2-8-5(7)3-4(6)9/h8-11H,5-7H2,1-4H3;5-8,14H,3-4H2,1-2H3;4H,3H2,1-2H3;2-3H2,1H3,(H2,6,9). The lowest BCUT2D eigenvalue weighted by Crippen LogP contribution is -2.24. The normalized spacial score (nSPS) is 10.6. The molecule has 2 aromatic heterocycles. The first-order chi connectivity index (χ1) is 28.5. The maximum atomic E-state index is 12.5. The molecule has 15 nitrogen and oxygen atoms in total. The minimum atomic E-state index is -0.856. The summed E-state index contributed by atoms with van der Waals surface area (Å²) in [7, 11) is 0. The lowest BCUT2D eigenvalue weighted by atomic mass is 10.1. The molecule has 3 N–H and O–H groups in total. The highest BCUT2D eigenvalue weighted by atomic mass is 35.5. The van der Waals surface area contributed by atoms with E-state index in [-0.39, 0.29) is 42.0 Å². The Morgan fingerprint density at radius 1 is 0.900 bits per heavy atom. The number of phenols is 1. The highest BCUT2D eigenvalue weighted by Gasteiger charge is 2.21. The van der Waals surface area contributed by atoms with Gasteiger partial charge in [-0.2, -0.15) is 0 Å². The minimum Gasteiger partial charge on any atom is -0.507 e. The molecular weight excluding hydrogens is 836 g/mol. The van der Waals surface area contributed by atoms with Crippen LogP contribution in [0.2, 0.25) is 0 Å². The van der Waals surface area contributed by atoms with E-state index >= 15 is 0 Å². The molecule has 2 aromatic carbocycles. The molecule has 18 heteroatoms. The number of aryl methyl sites for hydroxylation is 1. The molecule has 0 amide bonds. The fourth-order valence-electron chi connectivity index (χ4n) is 5.07. The molecule has 0 bridgehead atoms. The number of hydrogen-bond acceptors (Lipinski definition) is 16. The van der Waals surface area contributed by atoms with Crippen LogP contribution >= 0.6 is 35.2 Å². The number of thiazole rings is 1. The summed E-state index contributed by atoms with van der Waals surface area (Å²) in [6.07, 6.45) is 0.699. The fraction of sp³-hybridized carbons (Fsp3) is 0.429. The quantitative estimate of drug-likeness (QED) is 0.0216. The molecule has 0 aliphatic rings. The smallest absolute Gasteiger partial charge is 0.376 e. The van der Waals surface area contributed by atoms with Gasteiger partial charge in [-0.1, -0.05) is 12.2 Å². The number of fused-ring (bicyclic) bond motifs is 1. The minimum absolute atomic E-state index is 0.0448. The van der Waals surface area contributed by atoms with Gasteiger partial charge in [0.15, 0.2) is 12.0 Å². The number of benzene rings is 2. The average molecular weight is 892 g/mol. The number of anilines is 2. The molecule has 1 atom stereocenters. The second kappa shape index (κ2) is 27.4. The third-order valence-electron chi connectivity index (χ3n) is 8.08. The molecule has 0 saturated carbocycles. The van der Waals surface area contributed by atoms with Crippen LogP contribution in [0.1, 0.15) is 87.5 Å². The van der Waals surface area contributed by atoms with Crippen LogP contribution in [0.4, 0.5) is 11.4 Å². The van der Waals surface area contributed by atoms with Crippen molar-refractivity contribution in [3.63, 3.8) is 0 Å². The van der Waals surface area contributed by atoms with E-state index in [2.05, 4.69) is 50.3 Å². The molecule has 0 aliphatic carbocycles. The summed E-state index contributed by atoms with van der Waals surface area (Å²) in [6, 6.07) is 12.7. The molecule has 0 aliphatic heterocycles. The van der Waals surface area contributed by atoms with E-state index < -0.39 is 28.7 Å². The Hall–Kier alpha value is -5.39. The molecule has 0 fully saturated rings. The number of nitrogens with two attached hydrogens (primary N) is 1. The largest absolute Gasteiger partial charge is 0.507 e. The van der Waals surface area contributed by atoms with Crippen molar-refractivity contribution in [2.45, 2.75) is 74.1 Å². The summed E-state index contributed by atoms with van der Waals surface area (Å²) in [5.74, 6) is -2.34. The SMILES string of the molecule is CCN(CC)c1ccc(C=O)c(O)c1.CCOC(=O)C(=O)C(C)Cl.CCOC(=O)CC(N)=S.CCOC(=O)c1nc(-c2cc3ccc(N(CC)CC)cc3oc2=O)sc1C. The van der Waals surface area contributed by atoms with Crippen molar-refractivity contribution in [1.29, 1.82) is 0 Å². The fourth-order valence-corrected chi connectivity index (χ4v) is 6.18. The highest BCUT2D eigenvalue weighted by molar-refractivity contribution is 7.80. The summed E-state index contributed by atoms with van der Waals surface area (Å²) >= 11 is 11.1. The Morgan fingerprint density at radius 3 is 1.93 bits per heavy atom. The molecule has 0 spiro atoms. The zero-order valence-electron chi connectivity index (χ0n) is 35.5. The molecular formula is C42H55ClN4O11S2. The van der Waals surface area contributed by atoms with E-state index in [0.717, 1.165) is 42.9 Å². The van der Waals surface area contributed by atoms with E-state index in [1.54, 1.807) is 45.9 Å². The van der Waals surface area contributed by atoms with Crippen molar-refractivity contribution in [2.75, 3.05) is 55.8 Å². The number of rotatable bonds is 16. The van der Waals surface area contributed by atoms with Gasteiger partial charge >= 0.3 is 23.5 Å². The van der Waals surface area contributed by atoms with Crippen LogP contribution in [-0.4, -0.2) is 96.4 Å². The summed E-state index contributed by atoms with van der Waals surface area (Å²) in [6.45, 7) is 21.0. The molecule has 328 valence electrons. The summed E-state index contributed by atoms with van der Waals surface area (Å²) in [4.78, 5) is 76.1. The topological polar surface area (TPSA) is 209 Å². The first-order valence-electron chi connectivity index (χ1n) is 19.3. The molecule has 0 radical (unpaired) electrons. The summed E-state index contributed by atoms with van der Waals surface area (Å²) in [5, 5.41) is 9.95. The average Bonchev–Trinajstić information content (AvgIpc) is 3.60. The predicted molar refractivity (Wildman–Crippen MR) is 240 cm³/mol. The number of ether oxygens (including phenoxy) is 3. The maximum absolute atomic E-state index is 12.5. The Labute approximate surface area is 364 Å². The van der Waals surface area contributed by atoms with E-state index in [9.17, 15) is 33.9 Å². The number of ketones is 1. The second-order valence-electron chi connectivity index (χ2n) is 12.2. The van der Waals surface area contributed by atoms with Crippen molar-refractivity contribution < 1.29 is 47.7 Å². The number of esters is 3. The molecule has 4 aromatic rings. The zero-order valence-corrected chi connectivity index (χ0v) is 37.9.